The number of nitrogens with one attached hydrogen (secondary N) is 1. The van der Waals surface area contributed by atoms with Crippen molar-refractivity contribution in [3.8, 4) is 0 Å². The van der Waals surface area contributed by atoms with Crippen LogP contribution in [0.2, 0.25) is 5.02 Å². The number of halogens is 1. The maximum absolute atomic E-state index is 12.8. The van der Waals surface area contributed by atoms with Gasteiger partial charge in [-0.15, -0.1) is 0 Å². The Morgan fingerprint density at radius 3 is 2.56 bits per heavy atom. The lowest BCUT2D eigenvalue weighted by atomic mass is 10.2. The summed E-state index contributed by atoms with van der Waals surface area (Å²) in [6, 6.07) is 4.46. The number of nitrogens with zero attached hydrogens (tertiary/aromatic N) is 1. The number of amides is 1. The molecule has 5 nitrogen and oxygen atoms in total. The second-order valence-corrected chi connectivity index (χ2v) is 8.74. The summed E-state index contributed by atoms with van der Waals surface area (Å²) < 4.78 is 27.1. The van der Waals surface area contributed by atoms with Crippen LogP contribution in [0, 0.1) is 0 Å². The molecular formula is C18H27ClN2O3S. The molecule has 25 heavy (non-hydrogen) atoms. The summed E-state index contributed by atoms with van der Waals surface area (Å²) in [6.45, 7) is 3.74. The molecule has 0 aliphatic carbocycles. The van der Waals surface area contributed by atoms with E-state index in [4.69, 9.17) is 11.6 Å². The molecule has 1 aromatic carbocycles. The van der Waals surface area contributed by atoms with Crippen molar-refractivity contribution in [2.75, 3.05) is 19.6 Å². The highest BCUT2D eigenvalue weighted by Crippen LogP contribution is 2.27. The first-order chi connectivity index (χ1) is 12.0. The van der Waals surface area contributed by atoms with Crippen molar-refractivity contribution in [2.45, 2.75) is 56.8 Å². The lowest BCUT2D eigenvalue weighted by molar-refractivity contribution is 0.0952. The van der Waals surface area contributed by atoms with Gasteiger partial charge in [0.1, 0.15) is 4.90 Å². The van der Waals surface area contributed by atoms with E-state index in [0.717, 1.165) is 44.9 Å². The van der Waals surface area contributed by atoms with Gasteiger partial charge in [0.05, 0.1) is 5.02 Å². The Balaban J connectivity index is 2.10. The summed E-state index contributed by atoms with van der Waals surface area (Å²) in [6.07, 6.45) is 7.04. The molecule has 0 saturated carbocycles. The van der Waals surface area contributed by atoms with Crippen molar-refractivity contribution < 1.29 is 13.2 Å². The third-order valence-corrected chi connectivity index (χ3v) is 6.82. The molecule has 1 heterocycles. The fourth-order valence-corrected chi connectivity index (χ4v) is 4.96. The van der Waals surface area contributed by atoms with Gasteiger partial charge in [0.25, 0.3) is 5.91 Å². The van der Waals surface area contributed by atoms with Crippen LogP contribution < -0.4 is 5.32 Å². The quantitative estimate of drug-likeness (QED) is 0.690. The number of hydrogen-bond donors (Lipinski definition) is 1. The first-order valence-electron chi connectivity index (χ1n) is 9.04. The molecule has 1 N–H and O–H groups in total. The Morgan fingerprint density at radius 2 is 1.88 bits per heavy atom. The predicted molar refractivity (Wildman–Crippen MR) is 101 cm³/mol. The molecule has 0 unspecified atom stereocenters. The van der Waals surface area contributed by atoms with Crippen molar-refractivity contribution in [2.24, 2.45) is 0 Å². The second kappa shape index (κ2) is 9.55. The molecule has 0 spiro atoms. The van der Waals surface area contributed by atoms with Gasteiger partial charge < -0.3 is 5.32 Å². The topological polar surface area (TPSA) is 66.5 Å². The zero-order valence-corrected chi connectivity index (χ0v) is 16.3. The van der Waals surface area contributed by atoms with E-state index >= 15 is 0 Å². The van der Waals surface area contributed by atoms with E-state index < -0.39 is 10.0 Å². The van der Waals surface area contributed by atoms with Crippen LogP contribution in [0.4, 0.5) is 0 Å². The molecule has 7 heteroatoms. The minimum Gasteiger partial charge on any atom is -0.352 e. The van der Waals surface area contributed by atoms with Crippen molar-refractivity contribution >= 4 is 27.5 Å². The maximum Gasteiger partial charge on any atom is 0.251 e. The molecule has 1 aliphatic rings. The number of carbonyl (C=O) groups excluding carboxylic acids is 1. The van der Waals surface area contributed by atoms with E-state index in [1.165, 1.54) is 16.4 Å². The third-order valence-electron chi connectivity index (χ3n) is 4.44. The number of unbranched alkanes of at least 4 members (excludes halogenated alkanes) is 3. The van der Waals surface area contributed by atoms with Crippen LogP contribution in [0.1, 0.15) is 62.2 Å². The van der Waals surface area contributed by atoms with Crippen LogP contribution in [0.5, 0.6) is 0 Å². The number of carbonyl (C=O) groups is 1. The van der Waals surface area contributed by atoms with Crippen molar-refractivity contribution in [1.29, 1.82) is 0 Å². The molecule has 140 valence electrons. The molecule has 0 bridgehead atoms. The molecule has 0 radical (unpaired) electrons. The van der Waals surface area contributed by atoms with Crippen molar-refractivity contribution in [3.05, 3.63) is 28.8 Å². The van der Waals surface area contributed by atoms with Gasteiger partial charge in [-0.25, -0.2) is 8.42 Å². The van der Waals surface area contributed by atoms with Crippen LogP contribution in [0.15, 0.2) is 23.1 Å². The van der Waals surface area contributed by atoms with Gasteiger partial charge >= 0.3 is 0 Å². The Labute approximate surface area is 155 Å². The fraction of sp³-hybridized carbons (Fsp3) is 0.611. The monoisotopic (exact) mass is 386 g/mol. The molecule has 0 atom stereocenters. The molecule has 1 fully saturated rings. The molecular weight excluding hydrogens is 360 g/mol. The molecule has 1 aromatic rings. The van der Waals surface area contributed by atoms with Gasteiger partial charge in [0, 0.05) is 25.2 Å². The third kappa shape index (κ3) is 5.43. The van der Waals surface area contributed by atoms with E-state index in [1.54, 1.807) is 6.07 Å². The normalized spacial score (nSPS) is 15.9. The maximum atomic E-state index is 12.8. The minimum absolute atomic E-state index is 0.0229. The predicted octanol–water partition coefficient (Wildman–Crippen LogP) is 3.82. The zero-order chi connectivity index (χ0) is 18.3. The SMILES string of the molecule is CCCCCCNC(=O)c1ccc(Cl)c(S(=O)(=O)N2CCCCC2)c1. The number of sulfonamides is 1. The van der Waals surface area contributed by atoms with Gasteiger partial charge in [0.15, 0.2) is 0 Å². The van der Waals surface area contributed by atoms with Gasteiger partial charge in [-0.1, -0.05) is 44.2 Å². The number of rotatable bonds is 8. The van der Waals surface area contributed by atoms with Gasteiger partial charge in [-0.2, -0.15) is 4.31 Å². The second-order valence-electron chi connectivity index (χ2n) is 6.43. The van der Waals surface area contributed by atoms with Crippen LogP contribution in [0.25, 0.3) is 0 Å². The first kappa shape index (κ1) is 20.2. The van der Waals surface area contributed by atoms with Crippen molar-refractivity contribution in [1.82, 2.24) is 9.62 Å². The standard InChI is InChI=1S/C18H27ClN2O3S/c1-2-3-4-6-11-20-18(22)15-9-10-16(19)17(14-15)25(23,24)21-12-7-5-8-13-21/h9-10,14H,2-8,11-13H2,1H3,(H,20,22). The van der Waals surface area contributed by atoms with E-state index in [1.807, 2.05) is 0 Å². The van der Waals surface area contributed by atoms with Crippen LogP contribution in [-0.4, -0.2) is 38.3 Å². The number of benzene rings is 1. The van der Waals surface area contributed by atoms with E-state index in [0.29, 0.717) is 25.2 Å². The van der Waals surface area contributed by atoms with Crippen LogP contribution in [0.3, 0.4) is 0 Å². The summed E-state index contributed by atoms with van der Waals surface area (Å²) in [4.78, 5) is 12.3. The summed E-state index contributed by atoms with van der Waals surface area (Å²) in [5.41, 5.74) is 0.329. The summed E-state index contributed by atoms with van der Waals surface area (Å²) in [5.74, 6) is -0.261. The van der Waals surface area contributed by atoms with Gasteiger partial charge in [0.2, 0.25) is 10.0 Å². The van der Waals surface area contributed by atoms with Crippen LogP contribution in [-0.2, 0) is 10.0 Å². The lowest BCUT2D eigenvalue weighted by Gasteiger charge is -2.26. The Morgan fingerprint density at radius 1 is 1.16 bits per heavy atom. The van der Waals surface area contributed by atoms with Gasteiger partial charge in [-0.05, 0) is 37.5 Å². The Hall–Kier alpha value is -1.11. The molecule has 1 amide bonds. The lowest BCUT2D eigenvalue weighted by Crippen LogP contribution is -2.36. The first-order valence-corrected chi connectivity index (χ1v) is 10.9. The number of hydrogen-bond acceptors (Lipinski definition) is 3. The largest absolute Gasteiger partial charge is 0.352 e. The van der Waals surface area contributed by atoms with E-state index in [-0.39, 0.29) is 15.8 Å². The minimum atomic E-state index is -3.66. The average molecular weight is 387 g/mol. The highest BCUT2D eigenvalue weighted by atomic mass is 35.5. The molecule has 0 aromatic heterocycles. The van der Waals surface area contributed by atoms with E-state index in [2.05, 4.69) is 12.2 Å². The highest BCUT2D eigenvalue weighted by Gasteiger charge is 2.28. The number of piperidine rings is 1. The summed E-state index contributed by atoms with van der Waals surface area (Å²) >= 11 is 6.13. The zero-order valence-electron chi connectivity index (χ0n) is 14.8. The molecule has 1 saturated heterocycles. The summed E-state index contributed by atoms with van der Waals surface area (Å²) in [7, 11) is -3.66. The van der Waals surface area contributed by atoms with Crippen LogP contribution >= 0.6 is 11.6 Å². The highest BCUT2D eigenvalue weighted by molar-refractivity contribution is 7.89. The van der Waals surface area contributed by atoms with Gasteiger partial charge in [-0.3, -0.25) is 4.79 Å². The van der Waals surface area contributed by atoms with E-state index in [9.17, 15) is 13.2 Å². The molecule has 2 rings (SSSR count). The Kier molecular flexibility index (Phi) is 7.72. The Bertz CT molecular complexity index is 686. The van der Waals surface area contributed by atoms with Crippen molar-refractivity contribution in [3.63, 3.8) is 0 Å². The smallest absolute Gasteiger partial charge is 0.251 e. The fourth-order valence-electron chi connectivity index (χ4n) is 2.94. The summed E-state index contributed by atoms with van der Waals surface area (Å²) in [5, 5.41) is 3.00. The average Bonchev–Trinajstić information content (AvgIpc) is 2.62. The molecule has 1 aliphatic heterocycles.